The zero-order chi connectivity index (χ0) is 19.8. The third-order valence-electron chi connectivity index (χ3n) is 6.08. The van der Waals surface area contributed by atoms with Crippen molar-refractivity contribution in [2.24, 2.45) is 0 Å². The molecule has 29 heavy (non-hydrogen) atoms. The lowest BCUT2D eigenvalue weighted by atomic mass is 9.80. The number of nitrogens with zero attached hydrogens (tertiary/aromatic N) is 2. The maximum Gasteiger partial charge on any atom is 0.254 e. The van der Waals surface area contributed by atoms with Gasteiger partial charge >= 0.3 is 0 Å². The molecular weight excluding hydrogens is 358 g/mol. The van der Waals surface area contributed by atoms with E-state index in [1.165, 1.54) is 16.7 Å². The van der Waals surface area contributed by atoms with E-state index in [0.29, 0.717) is 6.42 Å². The number of nitrogens with one attached hydrogen (secondary N) is 1. The van der Waals surface area contributed by atoms with Crippen LogP contribution < -0.4 is 10.2 Å². The molecule has 3 aromatic rings. The Morgan fingerprint density at radius 2 is 1.69 bits per heavy atom. The van der Waals surface area contributed by atoms with E-state index in [1.807, 2.05) is 42.5 Å². The summed E-state index contributed by atoms with van der Waals surface area (Å²) in [4.78, 5) is 15.2. The SMILES string of the molecule is N#CCc1ccccc1CC1c2ccccc2CN2c3ccccc3C(=O)NC12. The summed E-state index contributed by atoms with van der Waals surface area (Å²) in [5.41, 5.74) is 6.52. The lowest BCUT2D eigenvalue weighted by molar-refractivity contribution is 0.0916. The van der Waals surface area contributed by atoms with Gasteiger partial charge in [0.25, 0.3) is 5.91 Å². The minimum Gasteiger partial charge on any atom is -0.346 e. The fourth-order valence-corrected chi connectivity index (χ4v) is 4.72. The first kappa shape index (κ1) is 17.5. The van der Waals surface area contributed by atoms with Gasteiger partial charge in [-0.15, -0.1) is 0 Å². The zero-order valence-electron chi connectivity index (χ0n) is 16.0. The lowest BCUT2D eigenvalue weighted by Gasteiger charge is -2.47. The van der Waals surface area contributed by atoms with Crippen molar-refractivity contribution in [2.45, 2.75) is 31.5 Å². The number of anilines is 1. The average Bonchev–Trinajstić information content (AvgIpc) is 2.76. The highest BCUT2D eigenvalue weighted by atomic mass is 16.2. The number of fused-ring (bicyclic) bond motifs is 4. The molecule has 4 nitrogen and oxygen atoms in total. The number of amides is 1. The van der Waals surface area contributed by atoms with E-state index in [1.54, 1.807) is 0 Å². The topological polar surface area (TPSA) is 56.1 Å². The predicted octanol–water partition coefficient (Wildman–Crippen LogP) is 4.17. The number of hydrogen-bond acceptors (Lipinski definition) is 3. The van der Waals surface area contributed by atoms with Crippen LogP contribution in [0.3, 0.4) is 0 Å². The number of benzene rings is 3. The summed E-state index contributed by atoms with van der Waals surface area (Å²) in [6.45, 7) is 0.772. The Balaban J connectivity index is 1.61. The quantitative estimate of drug-likeness (QED) is 0.743. The van der Waals surface area contributed by atoms with E-state index < -0.39 is 0 Å². The number of carbonyl (C=O) groups excluding carboxylic acids is 1. The number of para-hydroxylation sites is 1. The molecule has 3 aromatic carbocycles. The van der Waals surface area contributed by atoms with E-state index in [-0.39, 0.29) is 18.0 Å². The standard InChI is InChI=1S/C25H21N3O/c26-14-13-17-7-1-2-8-18(17)15-22-20-10-4-3-9-19(20)16-28-23-12-6-5-11-21(23)25(29)27-24(22)28/h1-12,22,24H,13,15-16H2,(H,27,29). The Bertz CT molecular complexity index is 1130. The molecule has 2 aliphatic heterocycles. The van der Waals surface area contributed by atoms with Crippen LogP contribution in [0.1, 0.15) is 38.5 Å². The van der Waals surface area contributed by atoms with Gasteiger partial charge in [0.1, 0.15) is 6.17 Å². The maximum absolute atomic E-state index is 12.8. The summed E-state index contributed by atoms with van der Waals surface area (Å²) < 4.78 is 0. The largest absolute Gasteiger partial charge is 0.346 e. The zero-order valence-corrected chi connectivity index (χ0v) is 16.0. The minimum atomic E-state index is -0.109. The van der Waals surface area contributed by atoms with Crippen LogP contribution in [0.2, 0.25) is 0 Å². The Hall–Kier alpha value is -3.58. The predicted molar refractivity (Wildman–Crippen MR) is 113 cm³/mol. The van der Waals surface area contributed by atoms with Crippen molar-refractivity contribution in [3.05, 3.63) is 101 Å². The second kappa shape index (κ2) is 7.10. The smallest absolute Gasteiger partial charge is 0.254 e. The number of rotatable bonds is 3. The van der Waals surface area contributed by atoms with Gasteiger partial charge in [-0.05, 0) is 40.8 Å². The van der Waals surface area contributed by atoms with Crippen LogP contribution >= 0.6 is 0 Å². The Morgan fingerprint density at radius 3 is 2.55 bits per heavy atom. The average molecular weight is 379 g/mol. The van der Waals surface area contributed by atoms with Crippen LogP contribution in [0.5, 0.6) is 0 Å². The summed E-state index contributed by atoms with van der Waals surface area (Å²) in [5, 5.41) is 12.5. The molecule has 0 radical (unpaired) electrons. The molecule has 0 spiro atoms. The molecule has 2 unspecified atom stereocenters. The fraction of sp³-hybridized carbons (Fsp3) is 0.200. The summed E-state index contributed by atoms with van der Waals surface area (Å²) in [6, 6.07) is 26.7. The van der Waals surface area contributed by atoms with Crippen molar-refractivity contribution in [1.82, 2.24) is 5.32 Å². The first-order chi connectivity index (χ1) is 14.3. The summed E-state index contributed by atoms with van der Waals surface area (Å²) in [7, 11) is 0. The minimum absolute atomic E-state index is 0.0171. The van der Waals surface area contributed by atoms with Gasteiger partial charge in [0.05, 0.1) is 23.7 Å². The molecule has 2 aliphatic rings. The number of hydrogen-bond donors (Lipinski definition) is 1. The summed E-state index contributed by atoms with van der Waals surface area (Å²) in [5.74, 6) is 0.0913. The van der Waals surface area contributed by atoms with E-state index >= 15 is 0 Å². The summed E-state index contributed by atoms with van der Waals surface area (Å²) >= 11 is 0. The maximum atomic E-state index is 12.8. The second-order valence-corrected chi connectivity index (χ2v) is 7.68. The first-order valence-corrected chi connectivity index (χ1v) is 9.94. The molecule has 0 aromatic heterocycles. The molecule has 0 fully saturated rings. The fourth-order valence-electron chi connectivity index (χ4n) is 4.72. The third-order valence-corrected chi connectivity index (χ3v) is 6.08. The highest BCUT2D eigenvalue weighted by Crippen LogP contribution is 2.40. The van der Waals surface area contributed by atoms with Crippen LogP contribution in [0, 0.1) is 11.3 Å². The molecule has 0 aliphatic carbocycles. The first-order valence-electron chi connectivity index (χ1n) is 9.94. The van der Waals surface area contributed by atoms with Gasteiger partial charge in [0.2, 0.25) is 0 Å². The van der Waals surface area contributed by atoms with Crippen LogP contribution in [-0.4, -0.2) is 12.1 Å². The van der Waals surface area contributed by atoms with E-state index in [2.05, 4.69) is 46.6 Å². The Labute approximate surface area is 170 Å². The van der Waals surface area contributed by atoms with E-state index in [0.717, 1.165) is 29.8 Å². The van der Waals surface area contributed by atoms with Gasteiger partial charge in [0, 0.05) is 12.5 Å². The van der Waals surface area contributed by atoms with Crippen molar-refractivity contribution in [2.75, 3.05) is 4.90 Å². The molecule has 0 saturated heterocycles. The van der Waals surface area contributed by atoms with Crippen molar-refractivity contribution < 1.29 is 4.79 Å². The van der Waals surface area contributed by atoms with Crippen molar-refractivity contribution >= 4 is 11.6 Å². The molecule has 2 heterocycles. The van der Waals surface area contributed by atoms with Crippen LogP contribution in [-0.2, 0) is 19.4 Å². The highest BCUT2D eigenvalue weighted by molar-refractivity contribution is 6.02. The van der Waals surface area contributed by atoms with Gasteiger partial charge < -0.3 is 10.2 Å². The second-order valence-electron chi connectivity index (χ2n) is 7.68. The van der Waals surface area contributed by atoms with E-state index in [9.17, 15) is 10.1 Å². The van der Waals surface area contributed by atoms with Gasteiger partial charge in [-0.3, -0.25) is 4.79 Å². The van der Waals surface area contributed by atoms with Gasteiger partial charge in [0.15, 0.2) is 0 Å². The molecule has 1 N–H and O–H groups in total. The Morgan fingerprint density at radius 1 is 0.966 bits per heavy atom. The van der Waals surface area contributed by atoms with Gasteiger partial charge in [-0.1, -0.05) is 60.7 Å². The van der Waals surface area contributed by atoms with Crippen LogP contribution in [0.4, 0.5) is 5.69 Å². The monoisotopic (exact) mass is 379 g/mol. The van der Waals surface area contributed by atoms with Gasteiger partial charge in [-0.25, -0.2) is 0 Å². The molecule has 1 amide bonds. The number of carbonyl (C=O) groups is 1. The summed E-state index contributed by atoms with van der Waals surface area (Å²) in [6.07, 6.45) is 1.06. The molecule has 2 atom stereocenters. The normalized spacial score (nSPS) is 19.4. The van der Waals surface area contributed by atoms with Crippen molar-refractivity contribution in [3.63, 3.8) is 0 Å². The Kier molecular flexibility index (Phi) is 4.29. The van der Waals surface area contributed by atoms with Crippen molar-refractivity contribution in [1.29, 1.82) is 5.26 Å². The molecular formula is C25H21N3O. The molecule has 5 rings (SSSR count). The molecule has 0 bridgehead atoms. The molecule has 0 saturated carbocycles. The molecule has 4 heteroatoms. The van der Waals surface area contributed by atoms with Crippen LogP contribution in [0.15, 0.2) is 72.8 Å². The molecule has 142 valence electrons. The lowest BCUT2D eigenvalue weighted by Crippen LogP contribution is -2.58. The van der Waals surface area contributed by atoms with Crippen LogP contribution in [0.25, 0.3) is 0 Å². The third kappa shape index (κ3) is 2.96. The van der Waals surface area contributed by atoms with Gasteiger partial charge in [-0.2, -0.15) is 5.26 Å². The van der Waals surface area contributed by atoms with Crippen molar-refractivity contribution in [3.8, 4) is 6.07 Å². The highest BCUT2D eigenvalue weighted by Gasteiger charge is 2.40. The van der Waals surface area contributed by atoms with E-state index in [4.69, 9.17) is 0 Å². The number of nitriles is 1.